The molecule has 2 aliphatic heterocycles. The molecular formula is C8H15NS. The first kappa shape index (κ1) is 6.99. The van der Waals surface area contributed by atoms with Crippen molar-refractivity contribution in [1.82, 2.24) is 5.32 Å². The first-order valence-corrected chi connectivity index (χ1v) is 5.32. The Kier molecular flexibility index (Phi) is 2.19. The van der Waals surface area contributed by atoms with Crippen LogP contribution in [0, 0.1) is 5.92 Å². The molecule has 0 amide bonds. The summed E-state index contributed by atoms with van der Waals surface area (Å²) >= 11 is 2.19. The van der Waals surface area contributed by atoms with E-state index in [4.69, 9.17) is 0 Å². The second kappa shape index (κ2) is 3.14. The first-order chi connectivity index (χ1) is 4.95. The van der Waals surface area contributed by atoms with Crippen molar-refractivity contribution in [3.8, 4) is 0 Å². The SMILES string of the molecule is C1CSC(CC2CNC2)C1. The lowest BCUT2D eigenvalue weighted by molar-refractivity contribution is 0.323. The van der Waals surface area contributed by atoms with E-state index in [1.165, 1.54) is 38.1 Å². The van der Waals surface area contributed by atoms with Crippen LogP contribution in [0.3, 0.4) is 0 Å². The van der Waals surface area contributed by atoms with Crippen molar-refractivity contribution < 1.29 is 0 Å². The molecule has 58 valence electrons. The van der Waals surface area contributed by atoms with E-state index >= 15 is 0 Å². The summed E-state index contributed by atoms with van der Waals surface area (Å²) in [4.78, 5) is 0. The minimum Gasteiger partial charge on any atom is -0.316 e. The van der Waals surface area contributed by atoms with Gasteiger partial charge < -0.3 is 5.32 Å². The van der Waals surface area contributed by atoms with Gasteiger partial charge in [-0.2, -0.15) is 11.8 Å². The third-order valence-electron chi connectivity index (χ3n) is 2.49. The highest BCUT2D eigenvalue weighted by Gasteiger charge is 2.23. The van der Waals surface area contributed by atoms with E-state index in [-0.39, 0.29) is 0 Å². The number of hydrogen-bond donors (Lipinski definition) is 1. The molecule has 2 saturated heterocycles. The Hall–Kier alpha value is 0.310. The second-order valence-corrected chi connectivity index (χ2v) is 4.80. The second-order valence-electron chi connectivity index (χ2n) is 3.40. The molecule has 1 N–H and O–H groups in total. The minimum absolute atomic E-state index is 1.02. The van der Waals surface area contributed by atoms with Gasteiger partial charge in [-0.05, 0) is 44.0 Å². The van der Waals surface area contributed by atoms with Crippen LogP contribution in [0.5, 0.6) is 0 Å². The van der Waals surface area contributed by atoms with Gasteiger partial charge in [-0.25, -0.2) is 0 Å². The summed E-state index contributed by atoms with van der Waals surface area (Å²) in [6, 6.07) is 0. The van der Waals surface area contributed by atoms with E-state index in [0.29, 0.717) is 0 Å². The molecule has 0 aromatic rings. The average Bonchev–Trinajstić information content (AvgIpc) is 2.29. The van der Waals surface area contributed by atoms with E-state index in [0.717, 1.165) is 11.2 Å². The summed E-state index contributed by atoms with van der Waals surface area (Å²) in [6.07, 6.45) is 4.44. The van der Waals surface area contributed by atoms with Crippen LogP contribution < -0.4 is 5.32 Å². The Morgan fingerprint density at radius 2 is 2.30 bits per heavy atom. The van der Waals surface area contributed by atoms with Crippen LogP contribution in [-0.2, 0) is 0 Å². The predicted octanol–water partition coefficient (Wildman–Crippen LogP) is 1.49. The monoisotopic (exact) mass is 157 g/mol. The fourth-order valence-corrected chi connectivity index (χ4v) is 3.13. The van der Waals surface area contributed by atoms with Gasteiger partial charge in [0, 0.05) is 5.25 Å². The van der Waals surface area contributed by atoms with Gasteiger partial charge in [-0.1, -0.05) is 0 Å². The summed E-state index contributed by atoms with van der Waals surface area (Å²) < 4.78 is 0. The zero-order chi connectivity index (χ0) is 6.81. The van der Waals surface area contributed by atoms with Gasteiger partial charge in [-0.15, -0.1) is 0 Å². The summed E-state index contributed by atoms with van der Waals surface area (Å²) in [6.45, 7) is 2.58. The number of rotatable bonds is 2. The van der Waals surface area contributed by atoms with Crippen molar-refractivity contribution in [3.05, 3.63) is 0 Å². The van der Waals surface area contributed by atoms with Crippen molar-refractivity contribution in [2.24, 2.45) is 5.92 Å². The van der Waals surface area contributed by atoms with Crippen LogP contribution in [0.2, 0.25) is 0 Å². The molecule has 2 rings (SSSR count). The highest BCUT2D eigenvalue weighted by Crippen LogP contribution is 2.31. The Labute approximate surface area is 67.0 Å². The Morgan fingerprint density at radius 3 is 2.80 bits per heavy atom. The number of hydrogen-bond acceptors (Lipinski definition) is 2. The quantitative estimate of drug-likeness (QED) is 0.652. The molecule has 0 aromatic carbocycles. The maximum absolute atomic E-state index is 3.33. The Bertz CT molecular complexity index is 106. The van der Waals surface area contributed by atoms with Crippen molar-refractivity contribution in [2.45, 2.75) is 24.5 Å². The molecule has 10 heavy (non-hydrogen) atoms. The lowest BCUT2D eigenvalue weighted by Gasteiger charge is -2.29. The van der Waals surface area contributed by atoms with E-state index < -0.39 is 0 Å². The molecule has 0 spiro atoms. The molecule has 2 heterocycles. The zero-order valence-electron chi connectivity index (χ0n) is 6.31. The first-order valence-electron chi connectivity index (χ1n) is 4.27. The molecule has 1 atom stereocenters. The smallest absolute Gasteiger partial charge is 0.00509 e. The van der Waals surface area contributed by atoms with Crippen molar-refractivity contribution in [3.63, 3.8) is 0 Å². The molecule has 0 bridgehead atoms. The molecule has 0 radical (unpaired) electrons. The summed E-state index contributed by atoms with van der Waals surface area (Å²) in [5.41, 5.74) is 0. The third kappa shape index (κ3) is 1.48. The molecule has 1 unspecified atom stereocenters. The van der Waals surface area contributed by atoms with Crippen LogP contribution in [-0.4, -0.2) is 24.1 Å². The lowest BCUT2D eigenvalue weighted by atomic mass is 9.96. The molecule has 2 heteroatoms. The molecular weight excluding hydrogens is 142 g/mol. The van der Waals surface area contributed by atoms with E-state index in [2.05, 4.69) is 17.1 Å². The van der Waals surface area contributed by atoms with Gasteiger partial charge in [0.15, 0.2) is 0 Å². The average molecular weight is 157 g/mol. The highest BCUT2D eigenvalue weighted by atomic mass is 32.2. The van der Waals surface area contributed by atoms with Gasteiger partial charge in [0.25, 0.3) is 0 Å². The van der Waals surface area contributed by atoms with E-state index in [1.807, 2.05) is 0 Å². The van der Waals surface area contributed by atoms with Gasteiger partial charge in [0.05, 0.1) is 0 Å². The van der Waals surface area contributed by atoms with Gasteiger partial charge >= 0.3 is 0 Å². The van der Waals surface area contributed by atoms with Crippen molar-refractivity contribution >= 4 is 11.8 Å². The molecule has 0 saturated carbocycles. The predicted molar refractivity (Wildman–Crippen MR) is 46.5 cm³/mol. The Morgan fingerprint density at radius 1 is 1.40 bits per heavy atom. The number of nitrogens with one attached hydrogen (secondary N) is 1. The third-order valence-corrected chi connectivity index (χ3v) is 3.91. The maximum Gasteiger partial charge on any atom is 0.00509 e. The molecule has 1 nitrogen and oxygen atoms in total. The van der Waals surface area contributed by atoms with Crippen molar-refractivity contribution in [1.29, 1.82) is 0 Å². The standard InChI is InChI=1S/C8H15NS/c1-2-8(10-3-1)4-7-5-9-6-7/h7-9H,1-6H2. The normalized spacial score (nSPS) is 34.2. The van der Waals surface area contributed by atoms with Gasteiger partial charge in [-0.3, -0.25) is 0 Å². The summed E-state index contributed by atoms with van der Waals surface area (Å²) in [5.74, 6) is 2.45. The van der Waals surface area contributed by atoms with Crippen LogP contribution in [0.4, 0.5) is 0 Å². The maximum atomic E-state index is 3.33. The summed E-state index contributed by atoms with van der Waals surface area (Å²) in [7, 11) is 0. The van der Waals surface area contributed by atoms with E-state index in [1.54, 1.807) is 0 Å². The number of thioether (sulfide) groups is 1. The van der Waals surface area contributed by atoms with Crippen LogP contribution in [0.1, 0.15) is 19.3 Å². The van der Waals surface area contributed by atoms with Gasteiger partial charge in [0.1, 0.15) is 0 Å². The fraction of sp³-hybridized carbons (Fsp3) is 1.00. The van der Waals surface area contributed by atoms with Crippen LogP contribution in [0.25, 0.3) is 0 Å². The molecule has 2 fully saturated rings. The fourth-order valence-electron chi connectivity index (χ4n) is 1.72. The lowest BCUT2D eigenvalue weighted by Crippen LogP contribution is -2.43. The minimum atomic E-state index is 1.02. The zero-order valence-corrected chi connectivity index (χ0v) is 7.12. The van der Waals surface area contributed by atoms with Crippen LogP contribution >= 0.6 is 11.8 Å². The molecule has 0 aliphatic carbocycles. The van der Waals surface area contributed by atoms with E-state index in [9.17, 15) is 0 Å². The molecule has 2 aliphatic rings. The molecule has 0 aromatic heterocycles. The highest BCUT2D eigenvalue weighted by molar-refractivity contribution is 8.00. The van der Waals surface area contributed by atoms with Crippen LogP contribution in [0.15, 0.2) is 0 Å². The summed E-state index contributed by atoms with van der Waals surface area (Å²) in [5, 5.41) is 4.35. The Balaban J connectivity index is 1.68. The largest absolute Gasteiger partial charge is 0.316 e. The van der Waals surface area contributed by atoms with Crippen molar-refractivity contribution in [2.75, 3.05) is 18.8 Å². The van der Waals surface area contributed by atoms with Gasteiger partial charge in [0.2, 0.25) is 0 Å². The topological polar surface area (TPSA) is 12.0 Å².